The van der Waals surface area contributed by atoms with Crippen LogP contribution in [0.5, 0.6) is 0 Å². The average molecular weight is 196 g/mol. The van der Waals surface area contributed by atoms with Gasteiger partial charge in [0.2, 0.25) is 0 Å². The first-order valence-corrected chi connectivity index (χ1v) is 6.03. The fourth-order valence-corrected chi connectivity index (χ4v) is 2.67. The lowest BCUT2D eigenvalue weighted by atomic mass is 9.78. The van der Waals surface area contributed by atoms with Crippen molar-refractivity contribution in [3.63, 3.8) is 0 Å². The summed E-state index contributed by atoms with van der Waals surface area (Å²) in [6, 6.07) is 0. The van der Waals surface area contributed by atoms with E-state index in [0.717, 1.165) is 11.8 Å². The highest BCUT2D eigenvalue weighted by Gasteiger charge is 2.38. The van der Waals surface area contributed by atoms with Gasteiger partial charge in [-0.1, -0.05) is 0 Å². The average Bonchev–Trinajstić information content (AvgIpc) is 2.00. The Balaban J connectivity index is 1.76. The maximum Gasteiger partial charge on any atom is 0.0125 e. The van der Waals surface area contributed by atoms with E-state index in [1.54, 1.807) is 0 Å². The van der Waals surface area contributed by atoms with Crippen LogP contribution in [0, 0.1) is 11.8 Å². The maximum atomic E-state index is 3.45. The van der Waals surface area contributed by atoms with Crippen molar-refractivity contribution in [2.75, 3.05) is 26.2 Å². The van der Waals surface area contributed by atoms with Crippen LogP contribution < -0.4 is 5.32 Å². The molecule has 14 heavy (non-hydrogen) atoms. The van der Waals surface area contributed by atoms with Crippen molar-refractivity contribution >= 4 is 0 Å². The molecule has 0 radical (unpaired) electrons. The molecule has 0 unspecified atom stereocenters. The Kier molecular flexibility index (Phi) is 2.85. The minimum absolute atomic E-state index is 0.392. The topological polar surface area (TPSA) is 15.3 Å². The molecule has 0 saturated carbocycles. The number of rotatable bonds is 1. The summed E-state index contributed by atoms with van der Waals surface area (Å²) in [5.74, 6) is 2.01. The van der Waals surface area contributed by atoms with Crippen molar-refractivity contribution in [1.82, 2.24) is 10.2 Å². The fraction of sp³-hybridized carbons (Fsp3) is 1.00. The molecule has 1 N–H and O–H groups in total. The molecule has 2 saturated heterocycles. The monoisotopic (exact) mass is 196 g/mol. The number of nitrogens with zero attached hydrogens (tertiary/aromatic N) is 1. The van der Waals surface area contributed by atoms with E-state index in [-0.39, 0.29) is 0 Å². The molecule has 2 nitrogen and oxygen atoms in total. The highest BCUT2D eigenvalue weighted by Crippen LogP contribution is 2.33. The number of hydrogen-bond acceptors (Lipinski definition) is 2. The van der Waals surface area contributed by atoms with Crippen LogP contribution in [0.25, 0.3) is 0 Å². The molecule has 0 atom stereocenters. The highest BCUT2D eigenvalue weighted by molar-refractivity contribution is 4.92. The highest BCUT2D eigenvalue weighted by atomic mass is 15.2. The molecular formula is C12H24N2. The number of piperidine rings is 1. The second-order valence-corrected chi connectivity index (χ2v) is 5.92. The van der Waals surface area contributed by atoms with Crippen LogP contribution in [0.4, 0.5) is 0 Å². The normalized spacial score (nSPS) is 27.6. The molecule has 2 aliphatic rings. The molecule has 0 aromatic heterocycles. The lowest BCUT2D eigenvalue weighted by Gasteiger charge is -2.51. The van der Waals surface area contributed by atoms with Crippen LogP contribution in [0.3, 0.4) is 0 Å². The molecule has 0 aliphatic carbocycles. The zero-order chi connectivity index (χ0) is 10.2. The van der Waals surface area contributed by atoms with Crippen LogP contribution in [0.2, 0.25) is 0 Å². The van der Waals surface area contributed by atoms with Crippen LogP contribution in [-0.4, -0.2) is 36.6 Å². The summed E-state index contributed by atoms with van der Waals surface area (Å²) in [6.07, 6.45) is 2.81. The molecule has 2 heterocycles. The third-order valence-electron chi connectivity index (χ3n) is 3.91. The van der Waals surface area contributed by atoms with E-state index < -0.39 is 0 Å². The SMILES string of the molecule is CC(C)(C)N1CC(C2CCNCC2)C1. The largest absolute Gasteiger partial charge is 0.317 e. The molecular weight excluding hydrogens is 172 g/mol. The van der Waals surface area contributed by atoms with Crippen molar-refractivity contribution in [1.29, 1.82) is 0 Å². The van der Waals surface area contributed by atoms with E-state index in [0.29, 0.717) is 5.54 Å². The smallest absolute Gasteiger partial charge is 0.0125 e. The zero-order valence-corrected chi connectivity index (χ0v) is 9.84. The number of likely N-dealkylation sites (tertiary alicyclic amines) is 1. The van der Waals surface area contributed by atoms with Crippen molar-refractivity contribution in [2.45, 2.75) is 39.2 Å². The van der Waals surface area contributed by atoms with Gasteiger partial charge in [0.1, 0.15) is 0 Å². The van der Waals surface area contributed by atoms with E-state index in [1.807, 2.05) is 0 Å². The van der Waals surface area contributed by atoms with Gasteiger partial charge in [-0.25, -0.2) is 0 Å². The fourth-order valence-electron chi connectivity index (χ4n) is 2.67. The Hall–Kier alpha value is -0.0800. The molecule has 0 amide bonds. The first-order chi connectivity index (χ1) is 6.57. The maximum absolute atomic E-state index is 3.45. The summed E-state index contributed by atoms with van der Waals surface area (Å²) < 4.78 is 0. The van der Waals surface area contributed by atoms with Crippen LogP contribution in [0.1, 0.15) is 33.6 Å². The Bertz CT molecular complexity index is 183. The lowest BCUT2D eigenvalue weighted by Crippen LogP contribution is -2.58. The zero-order valence-electron chi connectivity index (χ0n) is 9.84. The molecule has 0 aromatic rings. The van der Waals surface area contributed by atoms with Crippen molar-refractivity contribution in [3.8, 4) is 0 Å². The van der Waals surface area contributed by atoms with Gasteiger partial charge < -0.3 is 5.32 Å². The Labute approximate surface area is 88.1 Å². The Morgan fingerprint density at radius 2 is 1.57 bits per heavy atom. The van der Waals surface area contributed by atoms with Gasteiger partial charge in [0, 0.05) is 18.6 Å². The number of hydrogen-bond donors (Lipinski definition) is 1. The second-order valence-electron chi connectivity index (χ2n) is 5.92. The molecule has 0 aromatic carbocycles. The summed E-state index contributed by atoms with van der Waals surface area (Å²) in [5, 5.41) is 3.45. The molecule has 0 spiro atoms. The van der Waals surface area contributed by atoms with E-state index >= 15 is 0 Å². The molecule has 2 aliphatic heterocycles. The molecule has 2 heteroatoms. The van der Waals surface area contributed by atoms with Gasteiger partial charge in [0.05, 0.1) is 0 Å². The first kappa shape index (κ1) is 10.4. The van der Waals surface area contributed by atoms with Crippen molar-refractivity contribution < 1.29 is 0 Å². The van der Waals surface area contributed by atoms with E-state index in [1.165, 1.54) is 39.0 Å². The molecule has 0 bridgehead atoms. The summed E-state index contributed by atoms with van der Waals surface area (Å²) in [7, 11) is 0. The van der Waals surface area contributed by atoms with Gasteiger partial charge in [-0.05, 0) is 58.5 Å². The Morgan fingerprint density at radius 1 is 1.00 bits per heavy atom. The van der Waals surface area contributed by atoms with Gasteiger partial charge in [-0.2, -0.15) is 0 Å². The molecule has 82 valence electrons. The van der Waals surface area contributed by atoms with Gasteiger partial charge >= 0.3 is 0 Å². The third-order valence-corrected chi connectivity index (χ3v) is 3.91. The standard InChI is InChI=1S/C12H24N2/c1-12(2,3)14-8-11(9-14)10-4-6-13-7-5-10/h10-11,13H,4-9H2,1-3H3. The van der Waals surface area contributed by atoms with Crippen LogP contribution >= 0.6 is 0 Å². The summed E-state index contributed by atoms with van der Waals surface area (Å²) in [4.78, 5) is 2.61. The predicted octanol–water partition coefficient (Wildman–Crippen LogP) is 1.72. The predicted molar refractivity (Wildman–Crippen MR) is 60.4 cm³/mol. The van der Waals surface area contributed by atoms with E-state index in [2.05, 4.69) is 31.0 Å². The van der Waals surface area contributed by atoms with Gasteiger partial charge in [0.15, 0.2) is 0 Å². The minimum Gasteiger partial charge on any atom is -0.317 e. The molecule has 2 rings (SSSR count). The van der Waals surface area contributed by atoms with Gasteiger partial charge in [0.25, 0.3) is 0 Å². The summed E-state index contributed by atoms with van der Waals surface area (Å²) >= 11 is 0. The van der Waals surface area contributed by atoms with E-state index in [9.17, 15) is 0 Å². The van der Waals surface area contributed by atoms with Crippen molar-refractivity contribution in [2.24, 2.45) is 11.8 Å². The lowest BCUT2D eigenvalue weighted by molar-refractivity contribution is -0.0194. The summed E-state index contributed by atoms with van der Waals surface area (Å²) in [5.41, 5.74) is 0.392. The van der Waals surface area contributed by atoms with E-state index in [4.69, 9.17) is 0 Å². The quantitative estimate of drug-likeness (QED) is 0.687. The van der Waals surface area contributed by atoms with Gasteiger partial charge in [-0.3, -0.25) is 4.90 Å². The minimum atomic E-state index is 0.392. The Morgan fingerprint density at radius 3 is 2.07 bits per heavy atom. The summed E-state index contributed by atoms with van der Waals surface area (Å²) in [6.45, 7) is 12.2. The van der Waals surface area contributed by atoms with Crippen LogP contribution in [-0.2, 0) is 0 Å². The molecule has 2 fully saturated rings. The van der Waals surface area contributed by atoms with Crippen LogP contribution in [0.15, 0.2) is 0 Å². The van der Waals surface area contributed by atoms with Gasteiger partial charge in [-0.15, -0.1) is 0 Å². The third kappa shape index (κ3) is 2.12. The first-order valence-electron chi connectivity index (χ1n) is 6.03. The second kappa shape index (κ2) is 3.82. The number of nitrogens with one attached hydrogen (secondary N) is 1. The van der Waals surface area contributed by atoms with Crippen molar-refractivity contribution in [3.05, 3.63) is 0 Å².